The number of halogens is 1. The van der Waals surface area contributed by atoms with Gasteiger partial charge in [0.25, 0.3) is 5.91 Å². The molecule has 0 bridgehead atoms. The number of anilines is 1. The molecule has 0 spiro atoms. The number of carbonyl (C=O) groups is 1. The molecule has 1 saturated heterocycles. The predicted molar refractivity (Wildman–Crippen MR) is 76.9 cm³/mol. The van der Waals surface area contributed by atoms with E-state index in [-0.39, 0.29) is 11.9 Å². The maximum absolute atomic E-state index is 12.7. The van der Waals surface area contributed by atoms with E-state index in [9.17, 15) is 4.79 Å². The Hall–Kier alpha value is -1.26. The largest absolute Gasteiger partial charge is 0.387 e. The molecule has 4 nitrogen and oxygen atoms in total. The number of carbonyl (C=O) groups excluding carboxylic acids is 1. The molecule has 5 heteroatoms. The number of nitrogens with one attached hydrogen (secondary N) is 1. The van der Waals surface area contributed by atoms with Crippen molar-refractivity contribution in [3.63, 3.8) is 0 Å². The summed E-state index contributed by atoms with van der Waals surface area (Å²) >= 11 is 6.00. The van der Waals surface area contributed by atoms with Gasteiger partial charge < -0.3 is 15.0 Å². The lowest BCUT2D eigenvalue weighted by Gasteiger charge is -2.35. The molecule has 2 rings (SSSR count). The van der Waals surface area contributed by atoms with Gasteiger partial charge in [0.2, 0.25) is 0 Å². The fourth-order valence-corrected chi connectivity index (χ4v) is 2.50. The van der Waals surface area contributed by atoms with Crippen LogP contribution < -0.4 is 5.32 Å². The van der Waals surface area contributed by atoms with Crippen molar-refractivity contribution in [1.82, 2.24) is 4.90 Å². The molecular formula is C14H19ClN2O2. The Kier molecular flexibility index (Phi) is 4.66. The van der Waals surface area contributed by atoms with Gasteiger partial charge in [0.05, 0.1) is 24.8 Å². The van der Waals surface area contributed by atoms with Crippen LogP contribution in [0.25, 0.3) is 0 Å². The zero-order valence-electron chi connectivity index (χ0n) is 11.3. The molecule has 1 aromatic rings. The second-order valence-electron chi connectivity index (χ2n) is 4.58. The Balaban J connectivity index is 2.29. The highest BCUT2D eigenvalue weighted by molar-refractivity contribution is 6.31. The average Bonchev–Trinajstić information content (AvgIpc) is 2.46. The maximum Gasteiger partial charge on any atom is 0.256 e. The summed E-state index contributed by atoms with van der Waals surface area (Å²) in [5.41, 5.74) is 1.42. The Labute approximate surface area is 118 Å². The van der Waals surface area contributed by atoms with E-state index in [0.717, 1.165) is 12.1 Å². The van der Waals surface area contributed by atoms with Crippen LogP contribution in [0.3, 0.4) is 0 Å². The van der Waals surface area contributed by atoms with Gasteiger partial charge in [-0.1, -0.05) is 18.5 Å². The molecule has 1 atom stereocenters. The number of hydrogen-bond acceptors (Lipinski definition) is 3. The summed E-state index contributed by atoms with van der Waals surface area (Å²) in [6, 6.07) is 5.47. The van der Waals surface area contributed by atoms with Crippen LogP contribution >= 0.6 is 11.6 Å². The lowest BCUT2D eigenvalue weighted by Crippen LogP contribution is -2.48. The third kappa shape index (κ3) is 3.01. The first-order chi connectivity index (χ1) is 9.17. The lowest BCUT2D eigenvalue weighted by atomic mass is 10.1. The number of benzene rings is 1. The molecule has 0 radical (unpaired) electrons. The van der Waals surface area contributed by atoms with Crippen LogP contribution in [-0.4, -0.2) is 43.7 Å². The van der Waals surface area contributed by atoms with Crippen LogP contribution in [0.1, 0.15) is 23.7 Å². The van der Waals surface area contributed by atoms with Crippen molar-refractivity contribution in [2.75, 3.05) is 32.1 Å². The van der Waals surface area contributed by atoms with Crippen LogP contribution in [0.4, 0.5) is 5.69 Å². The van der Waals surface area contributed by atoms with Crippen molar-refractivity contribution in [2.45, 2.75) is 19.4 Å². The van der Waals surface area contributed by atoms with E-state index in [1.165, 1.54) is 0 Å². The van der Waals surface area contributed by atoms with Gasteiger partial charge in [-0.3, -0.25) is 4.79 Å². The molecule has 1 aromatic carbocycles. The molecule has 1 aliphatic heterocycles. The molecule has 0 saturated carbocycles. The molecular weight excluding hydrogens is 264 g/mol. The second kappa shape index (κ2) is 6.26. The summed E-state index contributed by atoms with van der Waals surface area (Å²) in [6.07, 6.45) is 0.890. The molecule has 1 unspecified atom stereocenters. The normalized spacial score (nSPS) is 19.3. The Morgan fingerprint density at radius 2 is 2.37 bits per heavy atom. The van der Waals surface area contributed by atoms with Crippen LogP contribution in [0, 0.1) is 0 Å². The van der Waals surface area contributed by atoms with Gasteiger partial charge in [0, 0.05) is 24.3 Å². The lowest BCUT2D eigenvalue weighted by molar-refractivity contribution is -0.00274. The molecule has 1 amide bonds. The fourth-order valence-electron chi connectivity index (χ4n) is 2.33. The first-order valence-electron chi connectivity index (χ1n) is 6.53. The quantitative estimate of drug-likeness (QED) is 0.927. The van der Waals surface area contributed by atoms with E-state index in [0.29, 0.717) is 30.3 Å². The van der Waals surface area contributed by atoms with Gasteiger partial charge in [-0.25, -0.2) is 0 Å². The van der Waals surface area contributed by atoms with Crippen LogP contribution in [0.2, 0.25) is 5.02 Å². The third-order valence-electron chi connectivity index (χ3n) is 3.44. The Morgan fingerprint density at radius 1 is 1.58 bits per heavy atom. The minimum absolute atomic E-state index is 0.0157. The summed E-state index contributed by atoms with van der Waals surface area (Å²) in [7, 11) is 1.80. The summed E-state index contributed by atoms with van der Waals surface area (Å²) in [5.74, 6) is 0.0157. The van der Waals surface area contributed by atoms with Crippen molar-refractivity contribution >= 4 is 23.2 Å². The fraction of sp³-hybridized carbons (Fsp3) is 0.500. The molecule has 0 aromatic heterocycles. The van der Waals surface area contributed by atoms with Gasteiger partial charge in [-0.15, -0.1) is 0 Å². The Bertz CT molecular complexity index is 465. The van der Waals surface area contributed by atoms with Crippen molar-refractivity contribution < 1.29 is 9.53 Å². The zero-order valence-corrected chi connectivity index (χ0v) is 12.0. The molecule has 19 heavy (non-hydrogen) atoms. The van der Waals surface area contributed by atoms with Crippen molar-refractivity contribution in [1.29, 1.82) is 0 Å². The average molecular weight is 283 g/mol. The molecule has 1 aliphatic rings. The number of nitrogens with zero attached hydrogens (tertiary/aromatic N) is 1. The van der Waals surface area contributed by atoms with E-state index in [4.69, 9.17) is 16.3 Å². The molecule has 0 aliphatic carbocycles. The van der Waals surface area contributed by atoms with Crippen molar-refractivity contribution in [3.05, 3.63) is 28.8 Å². The maximum atomic E-state index is 12.7. The topological polar surface area (TPSA) is 41.6 Å². The zero-order chi connectivity index (χ0) is 13.8. The second-order valence-corrected chi connectivity index (χ2v) is 5.01. The highest BCUT2D eigenvalue weighted by atomic mass is 35.5. The summed E-state index contributed by atoms with van der Waals surface area (Å²) in [5, 5.41) is 3.61. The van der Waals surface area contributed by atoms with Crippen LogP contribution in [0.5, 0.6) is 0 Å². The monoisotopic (exact) mass is 282 g/mol. The van der Waals surface area contributed by atoms with Gasteiger partial charge in [-0.05, 0) is 24.6 Å². The molecule has 1 N–H and O–H groups in total. The van der Waals surface area contributed by atoms with Gasteiger partial charge in [0.1, 0.15) is 0 Å². The Morgan fingerprint density at radius 3 is 3.05 bits per heavy atom. The highest BCUT2D eigenvalue weighted by Crippen LogP contribution is 2.24. The predicted octanol–water partition coefficient (Wildman–Crippen LogP) is 2.63. The van der Waals surface area contributed by atoms with Crippen molar-refractivity contribution in [3.8, 4) is 0 Å². The minimum Gasteiger partial charge on any atom is -0.387 e. The number of amides is 1. The van der Waals surface area contributed by atoms with Gasteiger partial charge in [0.15, 0.2) is 0 Å². The van der Waals surface area contributed by atoms with E-state index in [1.807, 2.05) is 11.0 Å². The third-order valence-corrected chi connectivity index (χ3v) is 3.68. The number of ether oxygens (including phenoxy) is 1. The van der Waals surface area contributed by atoms with E-state index >= 15 is 0 Å². The molecule has 1 fully saturated rings. The molecule has 1 heterocycles. The summed E-state index contributed by atoms with van der Waals surface area (Å²) in [4.78, 5) is 14.6. The smallest absolute Gasteiger partial charge is 0.256 e. The van der Waals surface area contributed by atoms with Crippen LogP contribution in [-0.2, 0) is 4.74 Å². The first kappa shape index (κ1) is 14.2. The van der Waals surface area contributed by atoms with Gasteiger partial charge in [-0.2, -0.15) is 0 Å². The minimum atomic E-state index is 0.0157. The molecule has 104 valence electrons. The number of hydrogen-bond donors (Lipinski definition) is 1. The van der Waals surface area contributed by atoms with Gasteiger partial charge >= 0.3 is 0 Å². The van der Waals surface area contributed by atoms with Crippen LogP contribution in [0.15, 0.2) is 18.2 Å². The first-order valence-corrected chi connectivity index (χ1v) is 6.91. The SMILES string of the molecule is CCC1COCCN1C(=O)c1cc(Cl)ccc1NC. The summed E-state index contributed by atoms with van der Waals surface area (Å²) in [6.45, 7) is 3.90. The number of rotatable bonds is 3. The summed E-state index contributed by atoms with van der Waals surface area (Å²) < 4.78 is 5.43. The van der Waals surface area contributed by atoms with Crippen molar-refractivity contribution in [2.24, 2.45) is 0 Å². The highest BCUT2D eigenvalue weighted by Gasteiger charge is 2.28. The number of morpholine rings is 1. The van der Waals surface area contributed by atoms with E-state index in [1.54, 1.807) is 19.2 Å². The standard InChI is InChI=1S/C14H19ClN2O2/c1-3-11-9-19-7-6-17(11)14(18)12-8-10(15)4-5-13(12)16-2/h4-5,8,11,16H,3,6-7,9H2,1-2H3. The van der Waals surface area contributed by atoms with E-state index < -0.39 is 0 Å². The van der Waals surface area contributed by atoms with E-state index in [2.05, 4.69) is 12.2 Å².